The summed E-state index contributed by atoms with van der Waals surface area (Å²) in [5.41, 5.74) is -0.540. The molecular weight excluding hydrogens is 379 g/mol. The maximum absolute atomic E-state index is 12.5. The summed E-state index contributed by atoms with van der Waals surface area (Å²) in [4.78, 5) is 23.0. The number of aliphatic hydroxyl groups is 1. The van der Waals surface area contributed by atoms with E-state index >= 15 is 0 Å². The van der Waals surface area contributed by atoms with Gasteiger partial charge in [-0.3, -0.25) is 4.79 Å². The molecule has 7 nitrogen and oxygen atoms in total. The number of carbonyl (C=O) groups is 2. The van der Waals surface area contributed by atoms with Crippen LogP contribution in [0.15, 0.2) is 24.3 Å². The summed E-state index contributed by atoms with van der Waals surface area (Å²) in [7, 11) is 0. The van der Waals surface area contributed by atoms with Crippen LogP contribution in [0.1, 0.15) is 31.7 Å². The van der Waals surface area contributed by atoms with E-state index in [2.05, 4.69) is 16.0 Å². The Morgan fingerprint density at radius 1 is 1.21 bits per heavy atom. The minimum atomic E-state index is -4.42. The molecule has 0 bridgehead atoms. The van der Waals surface area contributed by atoms with Gasteiger partial charge in [0.05, 0.1) is 24.3 Å². The zero-order valence-electron chi connectivity index (χ0n) is 15.4. The second kappa shape index (κ2) is 9.74. The first-order valence-corrected chi connectivity index (χ1v) is 8.94. The monoisotopic (exact) mass is 403 g/mol. The smallest absolute Gasteiger partial charge is 0.394 e. The fourth-order valence-electron chi connectivity index (χ4n) is 3.03. The molecule has 1 aromatic rings. The van der Waals surface area contributed by atoms with Crippen LogP contribution in [0.2, 0.25) is 0 Å². The molecule has 1 heterocycles. The third kappa shape index (κ3) is 6.68. The normalized spacial score (nSPS) is 22.4. The van der Waals surface area contributed by atoms with E-state index in [1.807, 2.05) is 0 Å². The first kappa shape index (κ1) is 22.0. The van der Waals surface area contributed by atoms with E-state index in [1.165, 1.54) is 19.1 Å². The number of benzene rings is 1. The van der Waals surface area contributed by atoms with E-state index < -0.39 is 23.9 Å². The number of alkyl halides is 3. The lowest BCUT2D eigenvalue weighted by molar-refractivity contribution is -0.137. The van der Waals surface area contributed by atoms with Crippen LogP contribution in [0, 0.1) is 0 Å². The number of anilines is 1. The molecule has 3 atom stereocenters. The number of hydrogen-bond acceptors (Lipinski definition) is 4. The predicted molar refractivity (Wildman–Crippen MR) is 95.7 cm³/mol. The van der Waals surface area contributed by atoms with Crippen molar-refractivity contribution in [3.05, 3.63) is 29.8 Å². The number of hydrogen-bond donors (Lipinski definition) is 4. The lowest BCUT2D eigenvalue weighted by atomic mass is 9.97. The Morgan fingerprint density at radius 2 is 1.89 bits per heavy atom. The highest BCUT2D eigenvalue weighted by molar-refractivity contribution is 5.89. The SMILES string of the molecule is CC(=O)N[C@@H]1CC[C@H](CCNC(=O)Nc2ccc(C(F)(F)F)cc2)O[C@@H]1CO. The zero-order valence-corrected chi connectivity index (χ0v) is 15.4. The standard InChI is InChI=1S/C18H24F3N3O4/c1-11(26)23-15-7-6-14(28-16(15)10-25)8-9-22-17(27)24-13-4-2-12(3-5-13)18(19,20)21/h2-5,14-16,25H,6-10H2,1H3,(H,23,26)(H2,22,24,27)/t14-,15-,16-/m1/s1. The van der Waals surface area contributed by atoms with Crippen molar-refractivity contribution in [3.63, 3.8) is 0 Å². The predicted octanol–water partition coefficient (Wildman–Crippen LogP) is 2.26. The largest absolute Gasteiger partial charge is 0.416 e. The molecule has 1 aromatic carbocycles. The summed E-state index contributed by atoms with van der Waals surface area (Å²) in [5.74, 6) is -0.188. The third-order valence-corrected chi connectivity index (χ3v) is 4.41. The molecule has 0 aromatic heterocycles. The molecule has 1 aliphatic rings. The summed E-state index contributed by atoms with van der Waals surface area (Å²) in [6.45, 7) is 1.48. The van der Waals surface area contributed by atoms with Gasteiger partial charge in [-0.25, -0.2) is 4.79 Å². The maximum atomic E-state index is 12.5. The van der Waals surface area contributed by atoms with E-state index in [0.717, 1.165) is 12.1 Å². The molecule has 0 spiro atoms. The Hall–Kier alpha value is -2.33. The molecule has 2 rings (SSSR count). The topological polar surface area (TPSA) is 99.7 Å². The van der Waals surface area contributed by atoms with Gasteiger partial charge in [0.1, 0.15) is 6.10 Å². The molecular formula is C18H24F3N3O4. The van der Waals surface area contributed by atoms with E-state index in [9.17, 15) is 27.9 Å². The van der Waals surface area contributed by atoms with Crippen LogP contribution < -0.4 is 16.0 Å². The molecule has 10 heteroatoms. The van der Waals surface area contributed by atoms with Crippen molar-refractivity contribution in [2.45, 2.75) is 50.6 Å². The maximum Gasteiger partial charge on any atom is 0.416 e. The van der Waals surface area contributed by atoms with Crippen LogP contribution in [0.5, 0.6) is 0 Å². The van der Waals surface area contributed by atoms with Crippen molar-refractivity contribution >= 4 is 17.6 Å². The van der Waals surface area contributed by atoms with E-state index in [1.54, 1.807) is 0 Å². The van der Waals surface area contributed by atoms with Gasteiger partial charge in [-0.15, -0.1) is 0 Å². The van der Waals surface area contributed by atoms with Gasteiger partial charge < -0.3 is 25.8 Å². The average Bonchev–Trinajstić information content (AvgIpc) is 2.62. The fraction of sp³-hybridized carbons (Fsp3) is 0.556. The Morgan fingerprint density at radius 3 is 2.46 bits per heavy atom. The number of rotatable bonds is 6. The van der Waals surface area contributed by atoms with Gasteiger partial charge in [-0.1, -0.05) is 0 Å². The van der Waals surface area contributed by atoms with Crippen LogP contribution in [0.3, 0.4) is 0 Å². The van der Waals surface area contributed by atoms with Crippen molar-refractivity contribution in [2.75, 3.05) is 18.5 Å². The lowest BCUT2D eigenvalue weighted by Crippen LogP contribution is -2.50. The third-order valence-electron chi connectivity index (χ3n) is 4.41. The fourth-order valence-corrected chi connectivity index (χ4v) is 3.03. The molecule has 1 fully saturated rings. The van der Waals surface area contributed by atoms with Crippen LogP contribution in [-0.4, -0.2) is 48.4 Å². The number of urea groups is 1. The molecule has 0 unspecified atom stereocenters. The molecule has 4 N–H and O–H groups in total. The number of carbonyl (C=O) groups excluding carboxylic acids is 2. The second-order valence-electron chi connectivity index (χ2n) is 6.61. The Bertz CT molecular complexity index is 667. The molecule has 1 aliphatic heterocycles. The number of amides is 3. The van der Waals surface area contributed by atoms with Crippen molar-refractivity contribution in [1.82, 2.24) is 10.6 Å². The first-order valence-electron chi connectivity index (χ1n) is 8.94. The summed E-state index contributed by atoms with van der Waals surface area (Å²) >= 11 is 0. The quantitative estimate of drug-likeness (QED) is 0.586. The zero-order chi connectivity index (χ0) is 20.7. The van der Waals surface area contributed by atoms with Gasteiger partial charge >= 0.3 is 12.2 Å². The Labute approximate surface area is 160 Å². The van der Waals surface area contributed by atoms with Crippen molar-refractivity contribution < 1.29 is 32.6 Å². The second-order valence-corrected chi connectivity index (χ2v) is 6.61. The first-order chi connectivity index (χ1) is 13.2. The minimum Gasteiger partial charge on any atom is -0.394 e. The Kier molecular flexibility index (Phi) is 7.64. The highest BCUT2D eigenvalue weighted by atomic mass is 19.4. The average molecular weight is 403 g/mol. The highest BCUT2D eigenvalue weighted by Gasteiger charge is 2.31. The van der Waals surface area contributed by atoms with Gasteiger partial charge in [0.2, 0.25) is 5.91 Å². The van der Waals surface area contributed by atoms with Gasteiger partial charge in [0, 0.05) is 19.2 Å². The van der Waals surface area contributed by atoms with Crippen LogP contribution in [0.25, 0.3) is 0 Å². The molecule has 1 saturated heterocycles. The summed E-state index contributed by atoms with van der Waals surface area (Å²) in [6.07, 6.45) is -3.26. The number of aliphatic hydroxyl groups excluding tert-OH is 1. The highest BCUT2D eigenvalue weighted by Crippen LogP contribution is 2.29. The number of halogens is 3. The summed E-state index contributed by atoms with van der Waals surface area (Å²) in [6, 6.07) is 3.37. The van der Waals surface area contributed by atoms with Gasteiger partial charge in [-0.2, -0.15) is 13.2 Å². The van der Waals surface area contributed by atoms with Gasteiger partial charge in [0.15, 0.2) is 0 Å². The number of nitrogens with one attached hydrogen (secondary N) is 3. The van der Waals surface area contributed by atoms with Crippen molar-refractivity contribution in [1.29, 1.82) is 0 Å². The Balaban J connectivity index is 1.73. The van der Waals surface area contributed by atoms with Crippen LogP contribution >= 0.6 is 0 Å². The van der Waals surface area contributed by atoms with E-state index in [0.29, 0.717) is 25.8 Å². The van der Waals surface area contributed by atoms with Crippen molar-refractivity contribution in [2.24, 2.45) is 0 Å². The van der Waals surface area contributed by atoms with E-state index in [4.69, 9.17) is 4.74 Å². The van der Waals surface area contributed by atoms with Gasteiger partial charge in [-0.05, 0) is 43.5 Å². The van der Waals surface area contributed by atoms with E-state index in [-0.39, 0.29) is 30.3 Å². The van der Waals surface area contributed by atoms with Crippen molar-refractivity contribution in [3.8, 4) is 0 Å². The molecule has 0 saturated carbocycles. The van der Waals surface area contributed by atoms with Crippen LogP contribution in [0.4, 0.5) is 23.7 Å². The summed E-state index contributed by atoms with van der Waals surface area (Å²) < 4.78 is 43.3. The molecule has 156 valence electrons. The molecule has 0 radical (unpaired) electrons. The molecule has 0 aliphatic carbocycles. The lowest BCUT2D eigenvalue weighted by Gasteiger charge is -2.36. The minimum absolute atomic E-state index is 0.173. The van der Waals surface area contributed by atoms with Gasteiger partial charge in [0.25, 0.3) is 0 Å². The molecule has 28 heavy (non-hydrogen) atoms. The molecule has 3 amide bonds. The number of ether oxygens (including phenoxy) is 1. The van der Waals surface area contributed by atoms with Crippen LogP contribution in [-0.2, 0) is 15.7 Å². The summed E-state index contributed by atoms with van der Waals surface area (Å²) in [5, 5.41) is 17.2.